The molecule has 0 aliphatic rings. The van der Waals surface area contributed by atoms with Crippen LogP contribution in [0, 0.1) is 0 Å². The topological polar surface area (TPSA) is 61.8 Å². The van der Waals surface area contributed by atoms with Crippen LogP contribution in [-0.2, 0) is 20.6 Å². The van der Waals surface area contributed by atoms with Gasteiger partial charge in [0.05, 0.1) is 12.5 Å². The molecule has 0 amide bonds. The van der Waals surface area contributed by atoms with Crippen molar-refractivity contribution in [3.8, 4) is 0 Å². The van der Waals surface area contributed by atoms with Crippen molar-refractivity contribution in [1.82, 2.24) is 18.7 Å². The van der Waals surface area contributed by atoms with Crippen molar-refractivity contribution < 1.29 is 5.76 Å². The minimum atomic E-state index is -0.880. The molecule has 2 aromatic rings. The molecule has 6 nitrogen and oxygen atoms in total. The van der Waals surface area contributed by atoms with Crippen LogP contribution in [0.25, 0.3) is 11.2 Å². The minimum absolute atomic E-state index is 0.0684. The number of aromatic nitrogens is 4. The lowest BCUT2D eigenvalue weighted by Crippen LogP contribution is -2.39. The molecule has 0 aliphatic carbocycles. The Hall–Kier alpha value is -1.92. The summed E-state index contributed by atoms with van der Waals surface area (Å²) < 4.78 is 24.2. The highest BCUT2D eigenvalue weighted by molar-refractivity contribution is 5.69. The summed E-state index contributed by atoms with van der Waals surface area (Å²) in [5.41, 5.74) is -0.458. The Balaban J connectivity index is 2.43. The van der Waals surface area contributed by atoms with Gasteiger partial charge >= 0.3 is 5.69 Å². The van der Waals surface area contributed by atoms with Crippen LogP contribution in [0.2, 0.25) is 0 Å². The molecular formula is C13H19FN4O2. The van der Waals surface area contributed by atoms with E-state index in [9.17, 15) is 14.0 Å². The highest BCUT2D eigenvalue weighted by Gasteiger charge is 2.14. The van der Waals surface area contributed by atoms with E-state index < -0.39 is 17.4 Å². The average Bonchev–Trinajstić information content (AvgIpc) is 2.71. The van der Waals surface area contributed by atoms with Gasteiger partial charge in [-0.15, -0.1) is 0 Å². The average molecular weight is 283 g/mol. The second-order valence-electron chi connectivity index (χ2n) is 5.02. The summed E-state index contributed by atoms with van der Waals surface area (Å²) in [4.78, 5) is 28.5. The summed E-state index contributed by atoms with van der Waals surface area (Å²) in [6, 6.07) is 0. The van der Waals surface area contributed by atoms with E-state index in [0.29, 0.717) is 19.3 Å². The van der Waals surface area contributed by atoms with Crippen LogP contribution in [0.4, 0.5) is 4.39 Å². The van der Waals surface area contributed by atoms with E-state index in [1.165, 1.54) is 23.1 Å². The van der Waals surface area contributed by atoms with Gasteiger partial charge in [0.25, 0.3) is 5.56 Å². The third-order valence-electron chi connectivity index (χ3n) is 3.37. The van der Waals surface area contributed by atoms with E-state index in [0.717, 1.165) is 4.57 Å². The van der Waals surface area contributed by atoms with Crippen LogP contribution in [0.1, 0.15) is 27.6 Å². The van der Waals surface area contributed by atoms with Crippen LogP contribution in [0.3, 0.4) is 0 Å². The second kappa shape index (κ2) is 5.60. The first kappa shape index (κ1) is 13.1. The molecule has 0 unspecified atom stereocenters. The van der Waals surface area contributed by atoms with Gasteiger partial charge in [0.15, 0.2) is 11.2 Å². The number of fused-ring (bicyclic) bond motifs is 1. The second-order valence-corrected chi connectivity index (χ2v) is 5.02. The fourth-order valence-electron chi connectivity index (χ4n) is 2.23. The van der Waals surface area contributed by atoms with Crippen molar-refractivity contribution in [1.29, 1.82) is 0 Å². The number of hydrogen-bond acceptors (Lipinski definition) is 3. The van der Waals surface area contributed by atoms with Gasteiger partial charge in [0.1, 0.15) is 1.37 Å². The molecule has 0 fully saturated rings. The van der Waals surface area contributed by atoms with Gasteiger partial charge in [0, 0.05) is 20.6 Å². The molecule has 7 heteroatoms. The van der Waals surface area contributed by atoms with E-state index in [-0.39, 0.29) is 24.0 Å². The molecule has 2 rings (SSSR count). The van der Waals surface area contributed by atoms with E-state index >= 15 is 0 Å². The van der Waals surface area contributed by atoms with E-state index in [2.05, 4.69) is 4.98 Å². The number of nitrogens with zero attached hydrogens (tertiary/aromatic N) is 4. The van der Waals surface area contributed by atoms with Crippen molar-refractivity contribution in [3.63, 3.8) is 0 Å². The van der Waals surface area contributed by atoms with Crippen molar-refractivity contribution in [2.75, 3.05) is 0 Å². The first-order chi connectivity index (χ1) is 9.84. The smallest absolute Gasteiger partial charge is 0.328 e. The summed E-state index contributed by atoms with van der Waals surface area (Å²) in [6.07, 6.45) is 0.636. The SMILES string of the molecule is [2H]c1nc2c(c(=O)n(CCCC[C@H](C)F)c(=O)n2C)n1C. The monoisotopic (exact) mass is 283 g/mol. The Morgan fingerprint density at radius 2 is 2.10 bits per heavy atom. The summed E-state index contributed by atoms with van der Waals surface area (Å²) >= 11 is 0. The first-order valence-electron chi connectivity index (χ1n) is 7.11. The molecule has 20 heavy (non-hydrogen) atoms. The third kappa shape index (κ3) is 2.52. The number of imidazole rings is 1. The fourth-order valence-corrected chi connectivity index (χ4v) is 2.23. The maximum Gasteiger partial charge on any atom is 0.332 e. The summed E-state index contributed by atoms with van der Waals surface area (Å²) in [6.45, 7) is 1.73. The number of halogens is 1. The van der Waals surface area contributed by atoms with Crippen molar-refractivity contribution >= 4 is 11.2 Å². The van der Waals surface area contributed by atoms with E-state index in [4.69, 9.17) is 1.37 Å². The molecule has 0 aromatic carbocycles. The Bertz CT molecular complexity index is 775. The summed E-state index contributed by atoms with van der Waals surface area (Å²) in [7, 11) is 3.09. The zero-order chi connectivity index (χ0) is 15.7. The molecular weight excluding hydrogens is 263 g/mol. The molecule has 0 aliphatic heterocycles. The van der Waals surface area contributed by atoms with Gasteiger partial charge in [-0.3, -0.25) is 13.9 Å². The molecule has 0 radical (unpaired) electrons. The molecule has 110 valence electrons. The molecule has 0 saturated heterocycles. The molecule has 0 spiro atoms. The first-order valence-corrected chi connectivity index (χ1v) is 6.61. The molecule has 0 N–H and O–H groups in total. The minimum Gasteiger partial charge on any atom is -0.328 e. The predicted octanol–water partition coefficient (Wildman–Crippen LogP) is 0.962. The quantitative estimate of drug-likeness (QED) is 0.768. The van der Waals surface area contributed by atoms with Gasteiger partial charge < -0.3 is 4.57 Å². The zero-order valence-electron chi connectivity index (χ0n) is 12.9. The number of rotatable bonds is 5. The van der Waals surface area contributed by atoms with Crippen molar-refractivity contribution in [2.45, 2.75) is 38.9 Å². The lowest BCUT2D eigenvalue weighted by Gasteiger charge is -2.08. The predicted molar refractivity (Wildman–Crippen MR) is 74.6 cm³/mol. The van der Waals surface area contributed by atoms with Crippen LogP contribution in [0.5, 0.6) is 0 Å². The molecule has 1 atom stereocenters. The Morgan fingerprint density at radius 3 is 2.75 bits per heavy atom. The number of aryl methyl sites for hydroxylation is 2. The third-order valence-corrected chi connectivity index (χ3v) is 3.37. The number of alkyl halides is 1. The van der Waals surface area contributed by atoms with Crippen molar-refractivity contribution in [2.24, 2.45) is 14.1 Å². The Morgan fingerprint density at radius 1 is 1.40 bits per heavy atom. The zero-order valence-corrected chi connectivity index (χ0v) is 11.9. The molecule has 0 bridgehead atoms. The highest BCUT2D eigenvalue weighted by atomic mass is 19.1. The van der Waals surface area contributed by atoms with Gasteiger partial charge in [-0.1, -0.05) is 0 Å². The van der Waals surface area contributed by atoms with E-state index in [1.807, 2.05) is 0 Å². The Labute approximate surface area is 116 Å². The van der Waals surface area contributed by atoms with Crippen LogP contribution in [0.15, 0.2) is 15.9 Å². The van der Waals surface area contributed by atoms with Crippen LogP contribution >= 0.6 is 0 Å². The van der Waals surface area contributed by atoms with Crippen molar-refractivity contribution in [3.05, 3.63) is 27.1 Å². The summed E-state index contributed by atoms with van der Waals surface area (Å²) in [5, 5.41) is 0. The lowest BCUT2D eigenvalue weighted by atomic mass is 10.2. The van der Waals surface area contributed by atoms with E-state index in [1.54, 1.807) is 7.05 Å². The largest absolute Gasteiger partial charge is 0.332 e. The van der Waals surface area contributed by atoms with Gasteiger partial charge in [-0.2, -0.15) is 0 Å². The normalized spacial score (nSPS) is 13.7. The fraction of sp³-hybridized carbons (Fsp3) is 0.615. The highest BCUT2D eigenvalue weighted by Crippen LogP contribution is 2.06. The summed E-state index contributed by atoms with van der Waals surface area (Å²) in [5.74, 6) is 0. The number of hydrogen-bond donors (Lipinski definition) is 0. The standard InChI is InChI=1S/C13H19FN4O2/c1-9(14)6-4-5-7-18-12(19)10-11(15-8-16(10)2)17(3)13(18)20/h8-9H,4-7H2,1-3H3/t9-/m0/s1/i8D. The molecule has 2 aromatic heterocycles. The molecule has 0 saturated carbocycles. The Kier molecular flexibility index (Phi) is 3.66. The molecule has 2 heterocycles. The number of unbranched alkanes of at least 4 members (excludes halogenated alkanes) is 1. The van der Waals surface area contributed by atoms with Gasteiger partial charge in [-0.25, -0.2) is 14.2 Å². The van der Waals surface area contributed by atoms with Crippen LogP contribution in [-0.4, -0.2) is 24.9 Å². The maximum absolute atomic E-state index is 12.7. The van der Waals surface area contributed by atoms with Gasteiger partial charge in [0.2, 0.25) is 0 Å². The lowest BCUT2D eigenvalue weighted by molar-refractivity contribution is 0.328. The van der Waals surface area contributed by atoms with Gasteiger partial charge in [-0.05, 0) is 26.2 Å². The van der Waals surface area contributed by atoms with Crippen LogP contribution < -0.4 is 11.2 Å². The maximum atomic E-state index is 12.7.